The van der Waals surface area contributed by atoms with Crippen LogP contribution in [0.25, 0.3) is 0 Å². The zero-order valence-electron chi connectivity index (χ0n) is 9.20. The molecule has 0 radical (unpaired) electrons. The van der Waals surface area contributed by atoms with Crippen molar-refractivity contribution >= 4 is 17.0 Å². The van der Waals surface area contributed by atoms with E-state index >= 15 is 0 Å². The fourth-order valence-corrected chi connectivity index (χ4v) is 1.33. The molecule has 0 fully saturated rings. The van der Waals surface area contributed by atoms with Crippen LogP contribution in [-0.4, -0.2) is 5.71 Å². The molecule has 0 saturated heterocycles. The van der Waals surface area contributed by atoms with Crippen molar-refractivity contribution in [3.05, 3.63) is 22.4 Å². The predicted molar refractivity (Wildman–Crippen MR) is 61.7 cm³/mol. The fourth-order valence-electron chi connectivity index (χ4n) is 0.724. The highest BCUT2D eigenvalue weighted by Crippen LogP contribution is 2.16. The molecule has 1 heterocycles. The molecule has 0 saturated carbocycles. The normalized spacial score (nSPS) is 13.0. The van der Waals surface area contributed by atoms with E-state index in [9.17, 15) is 0 Å². The van der Waals surface area contributed by atoms with E-state index in [1.807, 2.05) is 24.4 Å². The van der Waals surface area contributed by atoms with E-state index in [0.29, 0.717) is 6.61 Å². The van der Waals surface area contributed by atoms with Gasteiger partial charge in [-0.1, -0.05) is 32.0 Å². The van der Waals surface area contributed by atoms with E-state index in [-0.39, 0.29) is 5.41 Å². The molecular formula is C11H17NOS. The first kappa shape index (κ1) is 11.2. The molecule has 0 aliphatic rings. The molecule has 0 unspecified atom stereocenters. The Kier molecular flexibility index (Phi) is 3.69. The first-order valence-electron chi connectivity index (χ1n) is 4.69. The summed E-state index contributed by atoms with van der Waals surface area (Å²) in [7, 11) is 0. The fraction of sp³-hybridized carbons (Fsp3) is 0.545. The topological polar surface area (TPSA) is 21.6 Å². The average molecular weight is 211 g/mol. The van der Waals surface area contributed by atoms with Crippen LogP contribution in [0.5, 0.6) is 0 Å². The number of oxime groups is 1. The lowest BCUT2D eigenvalue weighted by atomic mass is 9.91. The van der Waals surface area contributed by atoms with Crippen LogP contribution in [0.1, 0.15) is 32.6 Å². The molecule has 2 nitrogen and oxygen atoms in total. The highest BCUT2D eigenvalue weighted by atomic mass is 32.1. The van der Waals surface area contributed by atoms with Gasteiger partial charge in [0.1, 0.15) is 0 Å². The SMILES string of the molecule is CC(=NOCc1cccs1)C(C)(C)C. The molecule has 0 aromatic carbocycles. The molecule has 1 aromatic rings. The van der Waals surface area contributed by atoms with Gasteiger partial charge in [-0.3, -0.25) is 0 Å². The largest absolute Gasteiger partial charge is 0.390 e. The van der Waals surface area contributed by atoms with E-state index < -0.39 is 0 Å². The Labute approximate surface area is 89.6 Å². The van der Waals surface area contributed by atoms with Crippen molar-refractivity contribution in [1.82, 2.24) is 0 Å². The Hall–Kier alpha value is -0.830. The van der Waals surface area contributed by atoms with Gasteiger partial charge in [-0.2, -0.15) is 0 Å². The van der Waals surface area contributed by atoms with Crippen LogP contribution in [0.4, 0.5) is 0 Å². The molecule has 1 aromatic heterocycles. The maximum Gasteiger partial charge on any atom is 0.151 e. The quantitative estimate of drug-likeness (QED) is 0.552. The number of hydrogen-bond donors (Lipinski definition) is 0. The van der Waals surface area contributed by atoms with E-state index in [1.165, 1.54) is 4.88 Å². The van der Waals surface area contributed by atoms with Crippen LogP contribution in [0, 0.1) is 5.41 Å². The van der Waals surface area contributed by atoms with Crippen LogP contribution < -0.4 is 0 Å². The molecule has 0 N–H and O–H groups in total. The molecule has 0 bridgehead atoms. The predicted octanol–water partition coefficient (Wildman–Crippen LogP) is 3.69. The molecule has 3 heteroatoms. The van der Waals surface area contributed by atoms with Crippen LogP contribution >= 0.6 is 11.3 Å². The summed E-state index contributed by atoms with van der Waals surface area (Å²) >= 11 is 1.69. The van der Waals surface area contributed by atoms with Gasteiger partial charge in [0.25, 0.3) is 0 Å². The molecule has 0 atom stereocenters. The Bertz CT molecular complexity index is 296. The van der Waals surface area contributed by atoms with E-state index in [2.05, 4.69) is 25.9 Å². The van der Waals surface area contributed by atoms with Crippen LogP contribution in [0.3, 0.4) is 0 Å². The number of rotatable bonds is 3. The van der Waals surface area contributed by atoms with Gasteiger partial charge in [-0.25, -0.2) is 0 Å². The molecule has 1 rings (SSSR count). The lowest BCUT2D eigenvalue weighted by Crippen LogP contribution is -2.16. The lowest BCUT2D eigenvalue weighted by Gasteiger charge is -2.16. The Morgan fingerprint density at radius 3 is 2.71 bits per heavy atom. The van der Waals surface area contributed by atoms with Crippen molar-refractivity contribution in [2.45, 2.75) is 34.3 Å². The monoisotopic (exact) mass is 211 g/mol. The third-order valence-electron chi connectivity index (χ3n) is 2.07. The summed E-state index contributed by atoms with van der Waals surface area (Å²) in [5.74, 6) is 0. The highest BCUT2D eigenvalue weighted by molar-refractivity contribution is 7.09. The van der Waals surface area contributed by atoms with E-state index in [0.717, 1.165) is 5.71 Å². The van der Waals surface area contributed by atoms with Crippen molar-refractivity contribution in [3.63, 3.8) is 0 Å². The molecule has 0 amide bonds. The standard InChI is InChI=1S/C11H17NOS/c1-9(11(2,3)4)12-13-8-10-6-5-7-14-10/h5-7H,8H2,1-4H3. The van der Waals surface area contributed by atoms with Gasteiger partial charge >= 0.3 is 0 Å². The molecule has 0 aliphatic heterocycles. The van der Waals surface area contributed by atoms with Crippen molar-refractivity contribution in [3.8, 4) is 0 Å². The number of hydrogen-bond acceptors (Lipinski definition) is 3. The van der Waals surface area contributed by atoms with Crippen molar-refractivity contribution in [2.75, 3.05) is 0 Å². The summed E-state index contributed by atoms with van der Waals surface area (Å²) in [5.41, 5.74) is 1.11. The first-order valence-corrected chi connectivity index (χ1v) is 5.57. The molecule has 0 spiro atoms. The summed E-state index contributed by atoms with van der Waals surface area (Å²) in [6.45, 7) is 8.94. The highest BCUT2D eigenvalue weighted by Gasteiger charge is 2.14. The van der Waals surface area contributed by atoms with Gasteiger partial charge in [0, 0.05) is 10.3 Å². The molecule has 0 aliphatic carbocycles. The summed E-state index contributed by atoms with van der Waals surface area (Å²) in [4.78, 5) is 6.47. The zero-order valence-corrected chi connectivity index (χ0v) is 10.0. The minimum atomic E-state index is 0.0927. The van der Waals surface area contributed by atoms with Crippen molar-refractivity contribution in [2.24, 2.45) is 10.6 Å². The van der Waals surface area contributed by atoms with Gasteiger partial charge in [0.05, 0.1) is 5.71 Å². The van der Waals surface area contributed by atoms with Crippen molar-refractivity contribution < 1.29 is 4.84 Å². The Morgan fingerprint density at radius 1 is 1.50 bits per heavy atom. The van der Waals surface area contributed by atoms with Crippen LogP contribution in [-0.2, 0) is 11.4 Å². The minimum Gasteiger partial charge on any atom is -0.390 e. The Morgan fingerprint density at radius 2 is 2.21 bits per heavy atom. The van der Waals surface area contributed by atoms with Crippen LogP contribution in [0.15, 0.2) is 22.7 Å². The number of nitrogens with zero attached hydrogens (tertiary/aromatic N) is 1. The van der Waals surface area contributed by atoms with Gasteiger partial charge in [-0.05, 0) is 18.4 Å². The summed E-state index contributed by atoms with van der Waals surface area (Å²) in [6.07, 6.45) is 0. The zero-order chi connectivity index (χ0) is 10.6. The van der Waals surface area contributed by atoms with Gasteiger partial charge in [0.2, 0.25) is 0 Å². The lowest BCUT2D eigenvalue weighted by molar-refractivity contribution is 0.130. The summed E-state index contributed by atoms with van der Waals surface area (Å²) < 4.78 is 0. The first-order chi connectivity index (χ1) is 6.50. The summed E-state index contributed by atoms with van der Waals surface area (Å²) in [6, 6.07) is 4.07. The maximum atomic E-state index is 5.26. The Balaban J connectivity index is 2.41. The van der Waals surface area contributed by atoms with Gasteiger partial charge < -0.3 is 4.84 Å². The van der Waals surface area contributed by atoms with E-state index in [4.69, 9.17) is 4.84 Å². The maximum absolute atomic E-state index is 5.26. The van der Waals surface area contributed by atoms with Gasteiger partial charge in [0.15, 0.2) is 6.61 Å². The van der Waals surface area contributed by atoms with Crippen LogP contribution in [0.2, 0.25) is 0 Å². The van der Waals surface area contributed by atoms with Gasteiger partial charge in [-0.15, -0.1) is 11.3 Å². The van der Waals surface area contributed by atoms with E-state index in [1.54, 1.807) is 11.3 Å². The van der Waals surface area contributed by atoms with Crippen molar-refractivity contribution in [1.29, 1.82) is 0 Å². The minimum absolute atomic E-state index is 0.0927. The third kappa shape index (κ3) is 3.50. The third-order valence-corrected chi connectivity index (χ3v) is 2.92. The second kappa shape index (κ2) is 4.60. The average Bonchev–Trinajstić information content (AvgIpc) is 2.55. The second-order valence-electron chi connectivity index (χ2n) is 4.28. The molecule has 14 heavy (non-hydrogen) atoms. The smallest absolute Gasteiger partial charge is 0.151 e. The number of thiophene rings is 1. The molecular weight excluding hydrogens is 194 g/mol. The molecule has 78 valence electrons. The second-order valence-corrected chi connectivity index (χ2v) is 5.31. The summed E-state index contributed by atoms with van der Waals surface area (Å²) in [5, 5.41) is 6.13.